The lowest BCUT2D eigenvalue weighted by Gasteiger charge is -2.45. The second kappa shape index (κ2) is 9.75. The fourth-order valence-corrected chi connectivity index (χ4v) is 7.40. The molecule has 0 aromatic heterocycles. The number of amides is 2. The van der Waals surface area contributed by atoms with Gasteiger partial charge < -0.3 is 24.4 Å². The van der Waals surface area contributed by atoms with E-state index in [1.165, 1.54) is 0 Å². The van der Waals surface area contributed by atoms with Gasteiger partial charge in [-0.3, -0.25) is 14.4 Å². The van der Waals surface area contributed by atoms with Crippen molar-refractivity contribution in [3.63, 3.8) is 0 Å². The lowest BCUT2D eigenvalue weighted by atomic mass is 9.62. The van der Waals surface area contributed by atoms with E-state index >= 15 is 0 Å². The molecule has 3 aliphatic heterocycles. The summed E-state index contributed by atoms with van der Waals surface area (Å²) in [4.78, 5) is 45.1. The number of esters is 1. The highest BCUT2D eigenvalue weighted by Gasteiger charge is 2.80. The number of nitrogens with zero attached hydrogens (tertiary/aromatic N) is 2. The Morgan fingerprint density at radius 3 is 2.47 bits per heavy atom. The zero-order valence-electron chi connectivity index (χ0n) is 23.4. The third-order valence-electron chi connectivity index (χ3n) is 8.42. The van der Waals surface area contributed by atoms with Crippen LogP contribution in [0.5, 0.6) is 0 Å². The number of aliphatic hydroxyl groups excluding tert-OH is 1. The van der Waals surface area contributed by atoms with Crippen molar-refractivity contribution in [2.75, 3.05) is 26.3 Å². The highest BCUT2D eigenvalue weighted by atomic mass is 16.6. The van der Waals surface area contributed by atoms with Crippen molar-refractivity contribution in [1.29, 1.82) is 0 Å². The molecule has 3 heterocycles. The SMILES string of the molecule is C=CCN(C(=O)C1N(CCCO)C(=O)[C@@H]2[C@H](C(=O)OCC)[C@@]3(C)OC12CC3C)C(C)(C)CC(C)(C)C. The van der Waals surface area contributed by atoms with Crippen LogP contribution in [0.4, 0.5) is 0 Å². The van der Waals surface area contributed by atoms with Crippen molar-refractivity contribution >= 4 is 17.8 Å². The maximum atomic E-state index is 14.6. The molecule has 0 aliphatic carbocycles. The molecule has 0 aromatic carbocycles. The van der Waals surface area contributed by atoms with Gasteiger partial charge in [0, 0.05) is 25.2 Å². The number of hydrogen-bond acceptors (Lipinski definition) is 6. The lowest BCUT2D eigenvalue weighted by Crippen LogP contribution is -2.61. The van der Waals surface area contributed by atoms with Gasteiger partial charge in [0.15, 0.2) is 0 Å². The Morgan fingerprint density at radius 2 is 1.94 bits per heavy atom. The molecule has 3 saturated heterocycles. The van der Waals surface area contributed by atoms with Crippen LogP contribution in [0.1, 0.15) is 74.7 Å². The van der Waals surface area contributed by atoms with Crippen molar-refractivity contribution < 1.29 is 29.0 Å². The number of carbonyl (C=O) groups excluding carboxylic acids is 3. The molecule has 3 rings (SSSR count). The molecule has 0 radical (unpaired) electrons. The van der Waals surface area contributed by atoms with Gasteiger partial charge in [-0.05, 0) is 58.3 Å². The van der Waals surface area contributed by atoms with E-state index < -0.39 is 40.6 Å². The normalized spacial score (nSPS) is 33.6. The van der Waals surface area contributed by atoms with Crippen molar-refractivity contribution in [3.8, 4) is 0 Å². The van der Waals surface area contributed by atoms with Gasteiger partial charge in [0.1, 0.15) is 17.6 Å². The summed E-state index contributed by atoms with van der Waals surface area (Å²) in [6, 6.07) is -0.885. The highest BCUT2D eigenvalue weighted by Crippen LogP contribution is 2.65. The van der Waals surface area contributed by atoms with Gasteiger partial charge in [-0.15, -0.1) is 6.58 Å². The van der Waals surface area contributed by atoms with Crippen LogP contribution in [0, 0.1) is 23.2 Å². The largest absolute Gasteiger partial charge is 0.466 e. The first-order valence-electron chi connectivity index (χ1n) is 13.3. The molecule has 3 fully saturated rings. The number of aliphatic hydroxyl groups is 1. The molecule has 0 saturated carbocycles. The lowest BCUT2D eigenvalue weighted by molar-refractivity contribution is -0.163. The van der Waals surface area contributed by atoms with Crippen LogP contribution >= 0.6 is 0 Å². The van der Waals surface area contributed by atoms with E-state index in [1.807, 2.05) is 32.6 Å². The van der Waals surface area contributed by atoms with Crippen LogP contribution in [0.3, 0.4) is 0 Å². The predicted molar refractivity (Wildman–Crippen MR) is 137 cm³/mol. The Balaban J connectivity index is 2.13. The number of fused-ring (bicyclic) bond motifs is 1. The third-order valence-corrected chi connectivity index (χ3v) is 8.42. The zero-order valence-corrected chi connectivity index (χ0v) is 23.4. The maximum absolute atomic E-state index is 14.6. The number of rotatable bonds is 10. The maximum Gasteiger partial charge on any atom is 0.312 e. The van der Waals surface area contributed by atoms with Gasteiger partial charge in [0.05, 0.1) is 18.1 Å². The van der Waals surface area contributed by atoms with Crippen LogP contribution in [-0.4, -0.2) is 81.8 Å². The quantitative estimate of drug-likeness (QED) is 0.361. The summed E-state index contributed by atoms with van der Waals surface area (Å²) >= 11 is 0. The minimum absolute atomic E-state index is 0.0363. The molecule has 0 aromatic rings. The monoisotopic (exact) mass is 506 g/mol. The predicted octanol–water partition coefficient (Wildman–Crippen LogP) is 3.17. The molecule has 2 bridgehead atoms. The van der Waals surface area contributed by atoms with Gasteiger partial charge in [0.2, 0.25) is 11.8 Å². The molecule has 2 amide bonds. The van der Waals surface area contributed by atoms with Crippen LogP contribution in [0.25, 0.3) is 0 Å². The molecule has 204 valence electrons. The van der Waals surface area contributed by atoms with E-state index in [-0.39, 0.29) is 42.9 Å². The number of carbonyl (C=O) groups is 3. The fourth-order valence-electron chi connectivity index (χ4n) is 7.40. The first-order valence-corrected chi connectivity index (χ1v) is 13.3. The zero-order chi connectivity index (χ0) is 27.3. The molecular formula is C28H46N2O6. The Kier molecular flexibility index (Phi) is 7.75. The molecule has 1 spiro atoms. The Morgan fingerprint density at radius 1 is 1.31 bits per heavy atom. The molecule has 1 N–H and O–H groups in total. The van der Waals surface area contributed by atoms with E-state index in [4.69, 9.17) is 9.47 Å². The van der Waals surface area contributed by atoms with E-state index in [1.54, 1.807) is 17.9 Å². The molecule has 3 unspecified atom stereocenters. The summed E-state index contributed by atoms with van der Waals surface area (Å²) in [6.07, 6.45) is 3.30. The summed E-state index contributed by atoms with van der Waals surface area (Å²) in [5, 5.41) is 9.56. The Bertz CT molecular complexity index is 895. The van der Waals surface area contributed by atoms with E-state index in [0.717, 1.165) is 6.42 Å². The molecule has 6 atom stereocenters. The number of likely N-dealkylation sites (tertiary alicyclic amines) is 1. The first-order chi connectivity index (χ1) is 16.6. The van der Waals surface area contributed by atoms with E-state index in [9.17, 15) is 19.5 Å². The van der Waals surface area contributed by atoms with Crippen LogP contribution < -0.4 is 0 Å². The van der Waals surface area contributed by atoms with Crippen LogP contribution in [-0.2, 0) is 23.9 Å². The summed E-state index contributed by atoms with van der Waals surface area (Å²) in [5.41, 5.74) is -2.56. The smallest absolute Gasteiger partial charge is 0.312 e. The Labute approximate surface area is 216 Å². The second-order valence-corrected chi connectivity index (χ2v) is 12.9. The highest BCUT2D eigenvalue weighted by molar-refractivity contribution is 5.98. The Hall–Kier alpha value is -1.93. The molecule has 3 aliphatic rings. The second-order valence-electron chi connectivity index (χ2n) is 12.9. The molecule has 36 heavy (non-hydrogen) atoms. The summed E-state index contributed by atoms with van der Waals surface area (Å²) in [7, 11) is 0. The van der Waals surface area contributed by atoms with E-state index in [2.05, 4.69) is 27.4 Å². The fraction of sp³-hybridized carbons (Fsp3) is 0.821. The van der Waals surface area contributed by atoms with Crippen molar-refractivity contribution in [2.24, 2.45) is 23.2 Å². The summed E-state index contributed by atoms with van der Waals surface area (Å²) in [5.74, 6) is -2.51. The average molecular weight is 507 g/mol. The summed E-state index contributed by atoms with van der Waals surface area (Å²) < 4.78 is 12.1. The average Bonchev–Trinajstić information content (AvgIpc) is 3.25. The molecular weight excluding hydrogens is 460 g/mol. The first kappa shape index (κ1) is 28.6. The van der Waals surface area contributed by atoms with Crippen molar-refractivity contribution in [3.05, 3.63) is 12.7 Å². The minimum Gasteiger partial charge on any atom is -0.466 e. The minimum atomic E-state index is -1.12. The van der Waals surface area contributed by atoms with Gasteiger partial charge in [-0.25, -0.2) is 0 Å². The summed E-state index contributed by atoms with van der Waals surface area (Å²) in [6.45, 7) is 20.7. The van der Waals surface area contributed by atoms with Crippen LogP contribution in [0.15, 0.2) is 12.7 Å². The third kappa shape index (κ3) is 4.49. The van der Waals surface area contributed by atoms with Gasteiger partial charge >= 0.3 is 5.97 Å². The van der Waals surface area contributed by atoms with Crippen molar-refractivity contribution in [2.45, 2.75) is 97.4 Å². The molecule has 8 nitrogen and oxygen atoms in total. The number of hydrogen-bond donors (Lipinski definition) is 1. The van der Waals surface area contributed by atoms with Crippen LogP contribution in [0.2, 0.25) is 0 Å². The van der Waals surface area contributed by atoms with Gasteiger partial charge in [-0.2, -0.15) is 0 Å². The van der Waals surface area contributed by atoms with E-state index in [0.29, 0.717) is 19.4 Å². The topological polar surface area (TPSA) is 96.4 Å². The standard InChI is InChI=1S/C28H46N2O6/c1-10-13-30(26(7,8)17-25(4,5)6)23(33)21-28-16-18(3)27(9,36-28)20(24(34)35-11-2)19(28)22(32)29(21)14-12-15-31/h10,18-21,31H,1,11-17H2,2-9H3/t18?,19-,20+,21?,27-,28?/m0/s1. The van der Waals surface area contributed by atoms with Gasteiger partial charge in [-0.1, -0.05) is 33.8 Å². The van der Waals surface area contributed by atoms with Gasteiger partial charge in [0.25, 0.3) is 0 Å². The van der Waals surface area contributed by atoms with Crippen molar-refractivity contribution in [1.82, 2.24) is 9.80 Å². The number of ether oxygens (including phenoxy) is 2. The molecule has 8 heteroatoms.